The van der Waals surface area contributed by atoms with E-state index in [9.17, 15) is 4.79 Å². The van der Waals surface area contributed by atoms with Gasteiger partial charge in [-0.2, -0.15) is 0 Å². The number of hydrogen-bond acceptors (Lipinski definition) is 3. The number of hydrogen-bond donors (Lipinski definition) is 2. The molecule has 2 rings (SSSR count). The molecule has 0 saturated heterocycles. The lowest BCUT2D eigenvalue weighted by Crippen LogP contribution is -2.28. The van der Waals surface area contributed by atoms with Crippen LogP contribution < -0.4 is 11.1 Å². The predicted molar refractivity (Wildman–Crippen MR) is 76.2 cm³/mol. The zero-order valence-electron chi connectivity index (χ0n) is 11.3. The lowest BCUT2D eigenvalue weighted by Gasteiger charge is -2.08. The molecule has 5 nitrogen and oxygen atoms in total. The van der Waals surface area contributed by atoms with Gasteiger partial charge in [0, 0.05) is 36.8 Å². The van der Waals surface area contributed by atoms with E-state index in [2.05, 4.69) is 5.32 Å². The topological polar surface area (TPSA) is 69.3 Å². The number of amides is 1. The number of aromatic nitrogens is 1. The van der Waals surface area contributed by atoms with E-state index < -0.39 is 0 Å². The van der Waals surface area contributed by atoms with E-state index in [0.29, 0.717) is 24.5 Å². The second kappa shape index (κ2) is 5.75. The van der Waals surface area contributed by atoms with Crippen molar-refractivity contribution in [1.29, 1.82) is 0 Å². The minimum atomic E-state index is -0.0892. The number of benzene rings is 1. The van der Waals surface area contributed by atoms with Crippen molar-refractivity contribution in [3.05, 3.63) is 30.0 Å². The van der Waals surface area contributed by atoms with Crippen LogP contribution in [0.25, 0.3) is 10.9 Å². The van der Waals surface area contributed by atoms with E-state index in [4.69, 9.17) is 10.5 Å². The maximum Gasteiger partial charge on any atom is 0.268 e. The number of rotatable bonds is 5. The number of aryl methyl sites for hydroxylation is 1. The van der Waals surface area contributed by atoms with Gasteiger partial charge in [-0.25, -0.2) is 0 Å². The molecule has 0 saturated carbocycles. The molecule has 0 radical (unpaired) electrons. The van der Waals surface area contributed by atoms with Crippen LogP contribution in [0, 0.1) is 0 Å². The molecule has 0 unspecified atom stereocenters. The van der Waals surface area contributed by atoms with Gasteiger partial charge in [-0.15, -0.1) is 0 Å². The van der Waals surface area contributed by atoms with Crippen LogP contribution in [-0.2, 0) is 11.3 Å². The number of nitrogens with two attached hydrogens (primary N) is 1. The summed E-state index contributed by atoms with van der Waals surface area (Å²) in [7, 11) is 1.61. The zero-order chi connectivity index (χ0) is 13.8. The number of nitrogens with one attached hydrogen (secondary N) is 1. The summed E-state index contributed by atoms with van der Waals surface area (Å²) in [6.07, 6.45) is 0. The van der Waals surface area contributed by atoms with Crippen molar-refractivity contribution in [2.24, 2.45) is 0 Å². The summed E-state index contributed by atoms with van der Waals surface area (Å²) in [6, 6.07) is 7.55. The molecule has 0 fully saturated rings. The third-order valence-electron chi connectivity index (χ3n) is 3.07. The fourth-order valence-corrected chi connectivity index (χ4v) is 2.18. The van der Waals surface area contributed by atoms with Gasteiger partial charge in [-0.3, -0.25) is 4.79 Å². The number of ether oxygens (including phenoxy) is 1. The minimum absolute atomic E-state index is 0.0892. The van der Waals surface area contributed by atoms with Crippen LogP contribution in [0.1, 0.15) is 17.4 Å². The number of fused-ring (bicyclic) bond motifs is 1. The van der Waals surface area contributed by atoms with E-state index in [1.54, 1.807) is 7.11 Å². The maximum absolute atomic E-state index is 12.1. The van der Waals surface area contributed by atoms with Crippen LogP contribution >= 0.6 is 0 Å². The van der Waals surface area contributed by atoms with Gasteiger partial charge in [0.05, 0.1) is 6.61 Å². The van der Waals surface area contributed by atoms with Crippen LogP contribution in [0.4, 0.5) is 5.69 Å². The second-order valence-electron chi connectivity index (χ2n) is 4.34. The zero-order valence-corrected chi connectivity index (χ0v) is 11.3. The molecule has 0 aliphatic carbocycles. The number of nitrogens with zero attached hydrogens (tertiary/aromatic N) is 1. The number of carbonyl (C=O) groups is 1. The van der Waals surface area contributed by atoms with E-state index in [-0.39, 0.29) is 5.91 Å². The smallest absolute Gasteiger partial charge is 0.268 e. The van der Waals surface area contributed by atoms with Crippen LogP contribution in [-0.4, -0.2) is 30.7 Å². The fourth-order valence-electron chi connectivity index (χ4n) is 2.18. The largest absolute Gasteiger partial charge is 0.399 e. The summed E-state index contributed by atoms with van der Waals surface area (Å²) in [5.41, 5.74) is 8.15. The van der Waals surface area contributed by atoms with Crippen molar-refractivity contribution in [2.75, 3.05) is 26.0 Å². The van der Waals surface area contributed by atoms with E-state index in [1.165, 1.54) is 0 Å². The molecule has 0 aliphatic heterocycles. The quantitative estimate of drug-likeness (QED) is 0.634. The van der Waals surface area contributed by atoms with Gasteiger partial charge < -0.3 is 20.4 Å². The van der Waals surface area contributed by atoms with Gasteiger partial charge in [0.25, 0.3) is 5.91 Å². The summed E-state index contributed by atoms with van der Waals surface area (Å²) in [5, 5.41) is 3.82. The Morgan fingerprint density at radius 1 is 1.42 bits per heavy atom. The molecule has 2 aromatic rings. The standard InChI is InChI=1S/C14H19N3O2/c1-3-17-12-5-4-11(15)8-10(12)9-13(17)14(18)16-6-7-19-2/h4-5,8-9H,3,6-7,15H2,1-2H3,(H,16,18). The third-order valence-corrected chi connectivity index (χ3v) is 3.07. The second-order valence-corrected chi connectivity index (χ2v) is 4.34. The van der Waals surface area contributed by atoms with Crippen molar-refractivity contribution >= 4 is 22.5 Å². The normalized spacial score (nSPS) is 10.8. The average Bonchev–Trinajstić information content (AvgIpc) is 2.76. The molecular formula is C14H19N3O2. The van der Waals surface area contributed by atoms with Gasteiger partial charge in [-0.05, 0) is 31.2 Å². The van der Waals surface area contributed by atoms with Crippen molar-refractivity contribution in [2.45, 2.75) is 13.5 Å². The van der Waals surface area contributed by atoms with Crippen LogP contribution in [0.2, 0.25) is 0 Å². The molecule has 1 aromatic carbocycles. The molecule has 1 heterocycles. The minimum Gasteiger partial charge on any atom is -0.399 e. The van der Waals surface area contributed by atoms with Gasteiger partial charge in [0.1, 0.15) is 5.69 Å². The summed E-state index contributed by atoms with van der Waals surface area (Å²) in [5.74, 6) is -0.0892. The first-order valence-corrected chi connectivity index (χ1v) is 6.33. The number of carbonyl (C=O) groups excluding carboxylic acids is 1. The Kier molecular flexibility index (Phi) is 4.06. The molecule has 1 aromatic heterocycles. The molecule has 0 atom stereocenters. The molecule has 102 valence electrons. The van der Waals surface area contributed by atoms with Gasteiger partial charge in [-0.1, -0.05) is 0 Å². The Morgan fingerprint density at radius 2 is 2.21 bits per heavy atom. The summed E-state index contributed by atoms with van der Waals surface area (Å²) in [6.45, 7) is 3.76. The van der Waals surface area contributed by atoms with Crippen molar-refractivity contribution in [1.82, 2.24) is 9.88 Å². The lowest BCUT2D eigenvalue weighted by molar-refractivity contribution is 0.0928. The number of anilines is 1. The Morgan fingerprint density at radius 3 is 2.89 bits per heavy atom. The molecule has 0 aliphatic rings. The summed E-state index contributed by atoms with van der Waals surface area (Å²) in [4.78, 5) is 12.1. The fraction of sp³-hybridized carbons (Fsp3) is 0.357. The highest BCUT2D eigenvalue weighted by atomic mass is 16.5. The molecule has 1 amide bonds. The van der Waals surface area contributed by atoms with Crippen molar-refractivity contribution < 1.29 is 9.53 Å². The maximum atomic E-state index is 12.1. The average molecular weight is 261 g/mol. The summed E-state index contributed by atoms with van der Waals surface area (Å²) < 4.78 is 6.90. The van der Waals surface area contributed by atoms with Crippen LogP contribution in [0.15, 0.2) is 24.3 Å². The van der Waals surface area contributed by atoms with Crippen LogP contribution in [0.5, 0.6) is 0 Å². The molecule has 3 N–H and O–H groups in total. The lowest BCUT2D eigenvalue weighted by atomic mass is 10.2. The molecule has 0 bridgehead atoms. The molecule has 5 heteroatoms. The number of nitrogen functional groups attached to an aromatic ring is 1. The van der Waals surface area contributed by atoms with Crippen molar-refractivity contribution in [3.63, 3.8) is 0 Å². The van der Waals surface area contributed by atoms with Crippen LogP contribution in [0.3, 0.4) is 0 Å². The Bertz CT molecular complexity index is 590. The first-order chi connectivity index (χ1) is 9.17. The van der Waals surface area contributed by atoms with Crippen molar-refractivity contribution in [3.8, 4) is 0 Å². The van der Waals surface area contributed by atoms with E-state index >= 15 is 0 Å². The first kappa shape index (κ1) is 13.4. The highest BCUT2D eigenvalue weighted by Crippen LogP contribution is 2.22. The Balaban J connectivity index is 2.34. The summed E-state index contributed by atoms with van der Waals surface area (Å²) >= 11 is 0. The Labute approximate surface area is 112 Å². The van der Waals surface area contributed by atoms with Gasteiger partial charge in [0.2, 0.25) is 0 Å². The molecular weight excluding hydrogens is 242 g/mol. The number of methoxy groups -OCH3 is 1. The van der Waals surface area contributed by atoms with E-state index in [1.807, 2.05) is 35.8 Å². The molecule has 0 spiro atoms. The monoisotopic (exact) mass is 261 g/mol. The SMILES string of the molecule is CCn1c(C(=O)NCCOC)cc2cc(N)ccc21. The first-order valence-electron chi connectivity index (χ1n) is 6.33. The Hall–Kier alpha value is -2.01. The predicted octanol–water partition coefficient (Wildman–Crippen LogP) is 1.62. The van der Waals surface area contributed by atoms with E-state index in [0.717, 1.165) is 17.4 Å². The highest BCUT2D eigenvalue weighted by molar-refractivity contribution is 5.99. The molecule has 19 heavy (non-hydrogen) atoms. The van der Waals surface area contributed by atoms with Gasteiger partial charge >= 0.3 is 0 Å². The van der Waals surface area contributed by atoms with Gasteiger partial charge in [0.15, 0.2) is 0 Å². The third kappa shape index (κ3) is 2.71. The highest BCUT2D eigenvalue weighted by Gasteiger charge is 2.14.